The van der Waals surface area contributed by atoms with Gasteiger partial charge in [0.05, 0.1) is 0 Å². The van der Waals surface area contributed by atoms with E-state index in [0.29, 0.717) is 0 Å². The zero-order valence-corrected chi connectivity index (χ0v) is 14.2. The van der Waals surface area contributed by atoms with E-state index in [2.05, 4.69) is 29.0 Å². The second kappa shape index (κ2) is 10.6. The maximum atomic E-state index is 12.4. The van der Waals surface area contributed by atoms with Crippen LogP contribution in [0.1, 0.15) is 25.7 Å². The van der Waals surface area contributed by atoms with Crippen molar-refractivity contribution in [2.45, 2.75) is 38.0 Å². The van der Waals surface area contributed by atoms with E-state index >= 15 is 0 Å². The van der Waals surface area contributed by atoms with Crippen LogP contribution < -0.4 is 4.74 Å². The summed E-state index contributed by atoms with van der Waals surface area (Å²) in [4.78, 5) is 10.5. The molecule has 8 heteroatoms. The van der Waals surface area contributed by atoms with Crippen molar-refractivity contribution >= 4 is 5.78 Å². The van der Waals surface area contributed by atoms with Gasteiger partial charge >= 0.3 is 12.4 Å². The minimum absolute atomic E-state index is 0.332. The van der Waals surface area contributed by atoms with Gasteiger partial charge in [-0.15, -0.1) is 0 Å². The van der Waals surface area contributed by atoms with E-state index in [1.54, 1.807) is 0 Å². The van der Waals surface area contributed by atoms with Crippen molar-refractivity contribution < 1.29 is 35.9 Å². The fraction of sp³-hybridized carbons (Fsp3) is 0.316. The van der Waals surface area contributed by atoms with Crippen LogP contribution >= 0.6 is 0 Å². The van der Waals surface area contributed by atoms with Crippen molar-refractivity contribution in [3.63, 3.8) is 0 Å². The molecule has 1 aromatic carbocycles. The molecule has 0 bridgehead atoms. The lowest BCUT2D eigenvalue weighted by Crippen LogP contribution is -2.25. The first-order valence-corrected chi connectivity index (χ1v) is 8.03. The highest BCUT2D eigenvalue weighted by Gasteiger charge is 2.42. The van der Waals surface area contributed by atoms with Gasteiger partial charge in [0.2, 0.25) is 5.76 Å². The highest BCUT2D eigenvalue weighted by molar-refractivity contribution is 5.94. The molecule has 2 rings (SSSR count). The van der Waals surface area contributed by atoms with Crippen molar-refractivity contribution in [2.75, 3.05) is 0 Å². The van der Waals surface area contributed by atoms with Crippen molar-refractivity contribution in [3.05, 3.63) is 66.5 Å². The molecule has 0 saturated heterocycles. The van der Waals surface area contributed by atoms with E-state index in [9.17, 15) is 31.1 Å². The molecule has 0 saturated carbocycles. The fourth-order valence-electron chi connectivity index (χ4n) is 1.84. The maximum Gasteiger partial charge on any atom is 0.454 e. The predicted molar refractivity (Wildman–Crippen MR) is 89.0 cm³/mol. The summed E-state index contributed by atoms with van der Waals surface area (Å²) in [7, 11) is 0. The van der Waals surface area contributed by atoms with Crippen LogP contribution in [0.2, 0.25) is 0 Å². The minimum Gasteiger partial charge on any atom is -0.452 e. The Morgan fingerprint density at radius 2 is 1.22 bits per heavy atom. The number of benzene rings is 1. The summed E-state index contributed by atoms with van der Waals surface area (Å²) in [6.07, 6.45) is 2.78. The Bertz CT molecular complexity index is 644. The third-order valence-corrected chi connectivity index (χ3v) is 3.13. The number of carbonyl (C=O) groups is 1. The standard InChI is InChI=1S/C11H6F6O2.C8H12/c12-10(13,14)8(18)6-9(11(15,16)17)19-7-4-2-1-3-5-7;1-2-4-6-8-7-5-3-1/h1-6H;1-2,7-8H,3-6H2/b9-6-;2-1-,8-7-. The van der Waals surface area contributed by atoms with Crippen LogP contribution in [-0.4, -0.2) is 18.1 Å². The van der Waals surface area contributed by atoms with Crippen molar-refractivity contribution in [3.8, 4) is 5.75 Å². The van der Waals surface area contributed by atoms with Gasteiger partial charge in [0, 0.05) is 6.08 Å². The van der Waals surface area contributed by atoms with Gasteiger partial charge in [0.1, 0.15) is 5.75 Å². The molecule has 0 N–H and O–H groups in total. The molecular weight excluding hydrogens is 374 g/mol. The Morgan fingerprint density at radius 1 is 0.778 bits per heavy atom. The van der Waals surface area contributed by atoms with Gasteiger partial charge < -0.3 is 4.74 Å². The van der Waals surface area contributed by atoms with Gasteiger partial charge in [-0.2, -0.15) is 26.3 Å². The first-order chi connectivity index (χ1) is 12.6. The quantitative estimate of drug-likeness (QED) is 0.261. The molecule has 0 atom stereocenters. The Balaban J connectivity index is 0.000000377. The van der Waals surface area contributed by atoms with Gasteiger partial charge in [-0.05, 0) is 37.8 Å². The monoisotopic (exact) mass is 392 g/mol. The number of hydrogen-bond acceptors (Lipinski definition) is 2. The average molecular weight is 392 g/mol. The molecule has 1 aromatic rings. The third-order valence-electron chi connectivity index (χ3n) is 3.13. The smallest absolute Gasteiger partial charge is 0.452 e. The van der Waals surface area contributed by atoms with Gasteiger partial charge in [-0.1, -0.05) is 42.5 Å². The normalized spacial score (nSPS) is 17.6. The molecule has 2 nitrogen and oxygen atoms in total. The second-order valence-electron chi connectivity index (χ2n) is 5.38. The largest absolute Gasteiger partial charge is 0.454 e. The van der Waals surface area contributed by atoms with Crippen LogP contribution in [0, 0.1) is 0 Å². The van der Waals surface area contributed by atoms with Gasteiger partial charge in [0.25, 0.3) is 5.78 Å². The van der Waals surface area contributed by atoms with Crippen LogP contribution in [0.4, 0.5) is 26.3 Å². The second-order valence-corrected chi connectivity index (χ2v) is 5.38. The van der Waals surface area contributed by atoms with E-state index in [1.807, 2.05) is 0 Å². The fourth-order valence-corrected chi connectivity index (χ4v) is 1.84. The molecule has 0 radical (unpaired) electrons. The topological polar surface area (TPSA) is 26.3 Å². The molecular formula is C19H18F6O2. The summed E-state index contributed by atoms with van der Waals surface area (Å²) >= 11 is 0. The number of carbonyl (C=O) groups excluding carboxylic acids is 1. The zero-order valence-electron chi connectivity index (χ0n) is 14.2. The Kier molecular flexibility index (Phi) is 8.84. The molecule has 0 fully saturated rings. The number of hydrogen-bond donors (Lipinski definition) is 0. The lowest BCUT2D eigenvalue weighted by atomic mass is 10.1. The van der Waals surface area contributed by atoms with Crippen LogP contribution in [0.25, 0.3) is 0 Å². The number of halogens is 6. The highest BCUT2D eigenvalue weighted by Crippen LogP contribution is 2.29. The van der Waals surface area contributed by atoms with E-state index in [4.69, 9.17) is 0 Å². The molecule has 1 aliphatic carbocycles. The summed E-state index contributed by atoms with van der Waals surface area (Å²) in [5.74, 6) is -5.00. The van der Waals surface area contributed by atoms with Gasteiger partial charge in [-0.3, -0.25) is 4.79 Å². The summed E-state index contributed by atoms with van der Waals surface area (Å²) in [6, 6.07) is 6.35. The van der Waals surface area contributed by atoms with Crippen LogP contribution in [-0.2, 0) is 4.79 Å². The van der Waals surface area contributed by atoms with Gasteiger partial charge in [-0.25, -0.2) is 0 Å². The van der Waals surface area contributed by atoms with Crippen molar-refractivity contribution in [1.29, 1.82) is 0 Å². The molecule has 0 aromatic heterocycles. The average Bonchev–Trinajstić information content (AvgIpc) is 2.53. The Hall–Kier alpha value is -2.51. The number of ketones is 1. The number of alkyl halides is 6. The Morgan fingerprint density at radius 3 is 1.59 bits per heavy atom. The molecule has 1 aliphatic rings. The van der Waals surface area contributed by atoms with E-state index in [1.165, 1.54) is 43.9 Å². The summed E-state index contributed by atoms with van der Waals surface area (Å²) < 4.78 is 77.3. The molecule has 0 aliphatic heterocycles. The number of allylic oxidation sites excluding steroid dienone is 6. The molecule has 0 amide bonds. The predicted octanol–water partition coefficient (Wildman–Crippen LogP) is 6.32. The van der Waals surface area contributed by atoms with E-state index in [0.717, 1.165) is 12.1 Å². The van der Waals surface area contributed by atoms with E-state index in [-0.39, 0.29) is 5.75 Å². The molecule has 27 heavy (non-hydrogen) atoms. The van der Waals surface area contributed by atoms with Crippen molar-refractivity contribution in [2.24, 2.45) is 0 Å². The van der Waals surface area contributed by atoms with Gasteiger partial charge in [0.15, 0.2) is 0 Å². The van der Waals surface area contributed by atoms with Crippen LogP contribution in [0.15, 0.2) is 66.5 Å². The molecule has 0 heterocycles. The number of rotatable bonds is 3. The zero-order chi connectivity index (χ0) is 20.3. The van der Waals surface area contributed by atoms with Crippen molar-refractivity contribution in [1.82, 2.24) is 0 Å². The molecule has 0 unspecified atom stereocenters. The molecule has 0 spiro atoms. The third kappa shape index (κ3) is 9.67. The Labute approximate surface area is 152 Å². The molecule has 148 valence electrons. The van der Waals surface area contributed by atoms with E-state index < -0.39 is 30.0 Å². The summed E-state index contributed by atoms with van der Waals surface area (Å²) in [5.41, 5.74) is 0. The van der Waals surface area contributed by atoms with Crippen LogP contribution in [0.5, 0.6) is 5.75 Å². The number of para-hydroxylation sites is 1. The first-order valence-electron chi connectivity index (χ1n) is 8.03. The lowest BCUT2D eigenvalue weighted by Gasteiger charge is -2.13. The minimum atomic E-state index is -5.39. The van der Waals surface area contributed by atoms with Crippen LogP contribution in [0.3, 0.4) is 0 Å². The first kappa shape index (κ1) is 22.5. The summed E-state index contributed by atoms with van der Waals surface area (Å²) in [5, 5.41) is 0. The lowest BCUT2D eigenvalue weighted by molar-refractivity contribution is -0.166. The summed E-state index contributed by atoms with van der Waals surface area (Å²) in [6.45, 7) is 0. The maximum absolute atomic E-state index is 12.4. The SMILES string of the molecule is C1=C\CC/C=C\CC/1.O=C(/C=C(\Oc1ccccc1)C(F)(F)F)C(F)(F)F. The number of ether oxygens (including phenoxy) is 1. The highest BCUT2D eigenvalue weighted by atomic mass is 19.4.